The summed E-state index contributed by atoms with van der Waals surface area (Å²) in [6, 6.07) is 18.2. The predicted octanol–water partition coefficient (Wildman–Crippen LogP) is 6.41. The van der Waals surface area contributed by atoms with E-state index in [0.717, 1.165) is 10.5 Å². The van der Waals surface area contributed by atoms with Crippen LogP contribution in [-0.4, -0.2) is 27.0 Å². The van der Waals surface area contributed by atoms with Gasteiger partial charge in [0.05, 0.1) is 10.6 Å². The number of fused-ring (bicyclic) bond motifs is 1. The van der Waals surface area contributed by atoms with Gasteiger partial charge in [-0.2, -0.15) is 15.1 Å². The number of thioether (sulfide) groups is 1. The number of halogens is 2. The van der Waals surface area contributed by atoms with Crippen LogP contribution in [0.4, 0.5) is 0 Å². The highest BCUT2D eigenvalue weighted by molar-refractivity contribution is 8.27. The van der Waals surface area contributed by atoms with E-state index in [1.54, 1.807) is 30.3 Å². The fourth-order valence-corrected chi connectivity index (χ4v) is 5.08. The number of rotatable bonds is 4. The first-order chi connectivity index (χ1) is 15.5. The lowest BCUT2D eigenvalue weighted by Gasteiger charge is -2.19. The van der Waals surface area contributed by atoms with Gasteiger partial charge < -0.3 is 4.42 Å². The summed E-state index contributed by atoms with van der Waals surface area (Å²) in [7, 11) is 0. The van der Waals surface area contributed by atoms with Crippen LogP contribution in [-0.2, 0) is 4.79 Å². The number of carbonyl (C=O) groups excluding carboxylic acids is 1. The Balaban J connectivity index is 1.39. The van der Waals surface area contributed by atoms with Crippen LogP contribution in [0.2, 0.25) is 10.0 Å². The van der Waals surface area contributed by atoms with E-state index in [4.69, 9.17) is 33.0 Å². The molecule has 0 bridgehead atoms. The van der Waals surface area contributed by atoms with E-state index in [9.17, 15) is 4.79 Å². The molecule has 1 aromatic heterocycles. The van der Waals surface area contributed by atoms with Crippen molar-refractivity contribution < 1.29 is 9.21 Å². The largest absolute Gasteiger partial charge is 0.450 e. The zero-order valence-corrected chi connectivity index (χ0v) is 19.2. The molecule has 0 spiro atoms. The average molecular weight is 499 g/mol. The van der Waals surface area contributed by atoms with Gasteiger partial charge in [0, 0.05) is 15.5 Å². The van der Waals surface area contributed by atoms with Gasteiger partial charge in [-0.05, 0) is 60.3 Å². The number of nitrogens with zero attached hydrogens (tertiary/aromatic N) is 3. The maximum atomic E-state index is 12.6. The Hall–Kier alpha value is -2.78. The number of benzene rings is 2. The van der Waals surface area contributed by atoms with Crippen molar-refractivity contribution >= 4 is 74.8 Å². The minimum atomic E-state index is -0.521. The highest BCUT2D eigenvalue weighted by Gasteiger charge is 2.36. The van der Waals surface area contributed by atoms with Crippen LogP contribution in [0.1, 0.15) is 11.3 Å². The van der Waals surface area contributed by atoms with Crippen molar-refractivity contribution in [2.45, 2.75) is 9.99 Å². The summed E-state index contributed by atoms with van der Waals surface area (Å²) in [4.78, 5) is 17.7. The first-order valence-electron chi connectivity index (χ1n) is 9.26. The van der Waals surface area contributed by atoms with Crippen LogP contribution < -0.4 is 0 Å². The van der Waals surface area contributed by atoms with Crippen LogP contribution in [0.15, 0.2) is 90.7 Å². The molecule has 1 N–H and O–H groups in total. The summed E-state index contributed by atoms with van der Waals surface area (Å²) in [6.07, 6.45) is 1.50. The number of hydrogen-bond donors (Lipinski definition) is 1. The summed E-state index contributed by atoms with van der Waals surface area (Å²) >= 11 is 14.8. The van der Waals surface area contributed by atoms with Crippen molar-refractivity contribution in [2.24, 2.45) is 10.1 Å². The smallest absolute Gasteiger partial charge is 0.283 e. The topological polar surface area (TPSA) is 82.0 Å². The van der Waals surface area contributed by atoms with Gasteiger partial charge in [0.2, 0.25) is 5.17 Å². The Morgan fingerprint density at radius 1 is 1.06 bits per heavy atom. The molecule has 0 unspecified atom stereocenters. The fourth-order valence-electron chi connectivity index (χ4n) is 2.96. The van der Waals surface area contributed by atoms with E-state index < -0.39 is 5.91 Å². The third-order valence-corrected chi connectivity index (χ3v) is 6.93. The number of furan rings is 1. The quantitative estimate of drug-likeness (QED) is 0.420. The molecule has 0 fully saturated rings. The van der Waals surface area contributed by atoms with Crippen LogP contribution in [0.25, 0.3) is 6.08 Å². The van der Waals surface area contributed by atoms with Gasteiger partial charge in [-0.1, -0.05) is 53.2 Å². The van der Waals surface area contributed by atoms with Crippen molar-refractivity contribution in [3.63, 3.8) is 0 Å². The van der Waals surface area contributed by atoms with Gasteiger partial charge >= 0.3 is 0 Å². The molecule has 5 rings (SSSR count). The minimum Gasteiger partial charge on any atom is -0.450 e. The Labute approximate surface area is 201 Å². The minimum absolute atomic E-state index is 0.0714. The molecule has 158 valence electrons. The number of hydrogen-bond acceptors (Lipinski definition) is 6. The van der Waals surface area contributed by atoms with E-state index in [1.807, 2.05) is 30.3 Å². The molecule has 0 aliphatic carbocycles. The predicted molar refractivity (Wildman–Crippen MR) is 130 cm³/mol. The Bertz CT molecular complexity index is 1350. The summed E-state index contributed by atoms with van der Waals surface area (Å²) < 4.78 is 5.81. The maximum absolute atomic E-state index is 12.6. The van der Waals surface area contributed by atoms with E-state index in [0.29, 0.717) is 31.1 Å². The number of amidine groups is 2. The van der Waals surface area contributed by atoms with Crippen molar-refractivity contribution in [1.82, 2.24) is 5.01 Å². The van der Waals surface area contributed by atoms with Gasteiger partial charge in [0.25, 0.3) is 5.91 Å². The molecule has 3 heterocycles. The molecule has 0 saturated heterocycles. The van der Waals surface area contributed by atoms with Crippen LogP contribution in [0.3, 0.4) is 0 Å². The average Bonchev–Trinajstić information content (AvgIpc) is 3.40. The van der Waals surface area contributed by atoms with Gasteiger partial charge in [0.15, 0.2) is 10.9 Å². The standard InChI is InChI=1S/C22H12Cl2N4O2S2/c23-12-5-8-14(9-6-12)31-18-10-7-13(30-18)11-16-19(25)28-22(26-20(16)29)32-21(27-28)15-3-1-2-4-17(15)24/h1-11,25H. The molecule has 2 aromatic carbocycles. The molecule has 0 saturated carbocycles. The maximum Gasteiger partial charge on any atom is 0.283 e. The molecule has 2 aliphatic heterocycles. The molecule has 3 aromatic rings. The van der Waals surface area contributed by atoms with Gasteiger partial charge in [-0.15, -0.1) is 0 Å². The van der Waals surface area contributed by atoms with Gasteiger partial charge in [0.1, 0.15) is 10.8 Å². The zero-order valence-electron chi connectivity index (χ0n) is 16.1. The molecule has 0 atom stereocenters. The fraction of sp³-hybridized carbons (Fsp3) is 0. The van der Waals surface area contributed by atoms with Crippen molar-refractivity contribution in [2.75, 3.05) is 0 Å². The lowest BCUT2D eigenvalue weighted by atomic mass is 10.1. The second-order valence-electron chi connectivity index (χ2n) is 6.62. The van der Waals surface area contributed by atoms with E-state index in [1.165, 1.54) is 34.6 Å². The normalized spacial score (nSPS) is 16.9. The molecule has 6 nitrogen and oxygen atoms in total. The molecule has 32 heavy (non-hydrogen) atoms. The monoisotopic (exact) mass is 498 g/mol. The first kappa shape index (κ1) is 21.1. The number of amides is 1. The molecule has 1 amide bonds. The Morgan fingerprint density at radius 2 is 1.84 bits per heavy atom. The van der Waals surface area contributed by atoms with Crippen LogP contribution in [0.5, 0.6) is 0 Å². The summed E-state index contributed by atoms with van der Waals surface area (Å²) in [6.45, 7) is 0. The molecule has 2 aliphatic rings. The number of carbonyl (C=O) groups is 1. The highest BCUT2D eigenvalue weighted by atomic mass is 35.5. The van der Waals surface area contributed by atoms with E-state index in [2.05, 4.69) is 10.1 Å². The SMILES string of the molecule is N=C1C(=Cc2ccc(Sc3ccc(Cl)cc3)o2)C(=O)N=C2SC(c3ccccc3Cl)=NN12. The van der Waals surface area contributed by atoms with Gasteiger partial charge in [-0.3, -0.25) is 10.2 Å². The van der Waals surface area contributed by atoms with E-state index in [-0.39, 0.29) is 11.4 Å². The summed E-state index contributed by atoms with van der Waals surface area (Å²) in [5.41, 5.74) is 0.813. The third kappa shape index (κ3) is 4.14. The molecular formula is C22H12Cl2N4O2S2. The lowest BCUT2D eigenvalue weighted by Crippen LogP contribution is -2.35. The molecular weight excluding hydrogens is 487 g/mol. The summed E-state index contributed by atoms with van der Waals surface area (Å²) in [5.74, 6) is -0.152. The van der Waals surface area contributed by atoms with E-state index >= 15 is 0 Å². The highest BCUT2D eigenvalue weighted by Crippen LogP contribution is 2.34. The lowest BCUT2D eigenvalue weighted by molar-refractivity contribution is -0.114. The second-order valence-corrected chi connectivity index (χ2v) is 9.50. The number of hydrazone groups is 1. The first-order valence-corrected chi connectivity index (χ1v) is 11.7. The molecule has 0 radical (unpaired) electrons. The Morgan fingerprint density at radius 3 is 2.62 bits per heavy atom. The van der Waals surface area contributed by atoms with Crippen molar-refractivity contribution in [1.29, 1.82) is 5.41 Å². The zero-order chi connectivity index (χ0) is 22.2. The number of nitrogens with one attached hydrogen (secondary N) is 1. The third-order valence-electron chi connectivity index (χ3n) is 4.48. The van der Waals surface area contributed by atoms with Gasteiger partial charge in [-0.25, -0.2) is 0 Å². The summed E-state index contributed by atoms with van der Waals surface area (Å²) in [5, 5.41) is 17.0. The van der Waals surface area contributed by atoms with Crippen LogP contribution >= 0.6 is 46.7 Å². The Kier molecular flexibility index (Phi) is 5.69. The second kappa shape index (κ2) is 8.63. The van der Waals surface area contributed by atoms with Crippen molar-refractivity contribution in [3.05, 3.63) is 87.6 Å². The van der Waals surface area contributed by atoms with Crippen LogP contribution in [0, 0.1) is 5.41 Å². The molecule has 10 heteroatoms. The van der Waals surface area contributed by atoms with Crippen molar-refractivity contribution in [3.8, 4) is 0 Å². The number of aliphatic imine (C=N–C) groups is 1.